The standard InChI is InChI=1S/C17H17ClN2O5S/c1-10(17(22)23)20-7-6-15(16(20)21)19-26(24,25)14-5-3-11-8-13(18)4-2-12(11)9-14/h2-5,8-10,15,19H,6-7H2,1H3,(H,22,23)/t10-,15-/m1/s1. The van der Waals surface area contributed by atoms with Crippen molar-refractivity contribution in [2.75, 3.05) is 6.54 Å². The predicted molar refractivity (Wildman–Crippen MR) is 96.5 cm³/mol. The van der Waals surface area contributed by atoms with E-state index in [9.17, 15) is 18.0 Å². The van der Waals surface area contributed by atoms with Crippen molar-refractivity contribution < 1.29 is 23.1 Å². The largest absolute Gasteiger partial charge is 0.480 e. The molecule has 2 aromatic carbocycles. The maximum atomic E-state index is 12.6. The van der Waals surface area contributed by atoms with Gasteiger partial charge >= 0.3 is 5.97 Å². The second-order valence-corrected chi connectivity index (χ2v) is 8.31. The lowest BCUT2D eigenvalue weighted by Crippen LogP contribution is -2.46. The molecular weight excluding hydrogens is 380 g/mol. The summed E-state index contributed by atoms with van der Waals surface area (Å²) >= 11 is 5.92. The number of halogens is 1. The zero-order valence-electron chi connectivity index (χ0n) is 13.8. The molecule has 0 radical (unpaired) electrons. The Morgan fingerprint density at radius 1 is 1.27 bits per heavy atom. The zero-order valence-corrected chi connectivity index (χ0v) is 15.4. The number of fused-ring (bicyclic) bond motifs is 1. The number of rotatable bonds is 5. The Hall–Kier alpha value is -2.16. The molecule has 1 aliphatic heterocycles. The molecule has 0 saturated carbocycles. The number of carbonyl (C=O) groups excluding carboxylic acids is 1. The van der Waals surface area contributed by atoms with Crippen LogP contribution in [0.15, 0.2) is 41.3 Å². The zero-order chi connectivity index (χ0) is 19.1. The average molecular weight is 397 g/mol. The number of hydrogen-bond donors (Lipinski definition) is 2. The normalized spacial score (nSPS) is 19.1. The minimum absolute atomic E-state index is 0.0323. The first-order valence-corrected chi connectivity index (χ1v) is 9.80. The highest BCUT2D eigenvalue weighted by Gasteiger charge is 2.39. The van der Waals surface area contributed by atoms with Crippen molar-refractivity contribution in [1.29, 1.82) is 0 Å². The monoisotopic (exact) mass is 396 g/mol. The lowest BCUT2D eigenvalue weighted by Gasteiger charge is -2.21. The first kappa shape index (κ1) is 18.6. The molecule has 0 spiro atoms. The van der Waals surface area contributed by atoms with Gasteiger partial charge in [-0.25, -0.2) is 13.2 Å². The topological polar surface area (TPSA) is 104 Å². The fraction of sp³-hybridized carbons (Fsp3) is 0.294. The number of carboxylic acid groups (broad SMARTS) is 1. The van der Waals surface area contributed by atoms with Crippen molar-refractivity contribution in [3.8, 4) is 0 Å². The van der Waals surface area contributed by atoms with Gasteiger partial charge in [0.2, 0.25) is 15.9 Å². The number of amides is 1. The van der Waals surface area contributed by atoms with E-state index in [1.807, 2.05) is 0 Å². The number of nitrogens with one attached hydrogen (secondary N) is 1. The summed E-state index contributed by atoms with van der Waals surface area (Å²) in [6.07, 6.45) is 0.221. The van der Waals surface area contributed by atoms with Crippen LogP contribution in [0.5, 0.6) is 0 Å². The lowest BCUT2D eigenvalue weighted by molar-refractivity contribution is -0.147. The van der Waals surface area contributed by atoms with Crippen LogP contribution >= 0.6 is 11.6 Å². The summed E-state index contributed by atoms with van der Waals surface area (Å²) in [6.45, 7) is 1.58. The van der Waals surface area contributed by atoms with Crippen molar-refractivity contribution in [3.63, 3.8) is 0 Å². The quantitative estimate of drug-likeness (QED) is 0.802. The van der Waals surface area contributed by atoms with Gasteiger partial charge in [0.05, 0.1) is 4.90 Å². The van der Waals surface area contributed by atoms with Crippen LogP contribution in [0.25, 0.3) is 10.8 Å². The van der Waals surface area contributed by atoms with E-state index in [1.165, 1.54) is 19.1 Å². The number of hydrogen-bond acceptors (Lipinski definition) is 4. The highest BCUT2D eigenvalue weighted by Crippen LogP contribution is 2.24. The maximum absolute atomic E-state index is 12.6. The summed E-state index contributed by atoms with van der Waals surface area (Å²) in [5.41, 5.74) is 0. The van der Waals surface area contributed by atoms with E-state index in [-0.39, 0.29) is 17.9 Å². The molecule has 1 aliphatic rings. The fourth-order valence-corrected chi connectivity index (χ4v) is 4.39. The molecule has 1 saturated heterocycles. The highest BCUT2D eigenvalue weighted by molar-refractivity contribution is 7.89. The van der Waals surface area contributed by atoms with Crippen LogP contribution in [-0.4, -0.2) is 48.9 Å². The van der Waals surface area contributed by atoms with Crippen molar-refractivity contribution in [3.05, 3.63) is 41.4 Å². The molecule has 0 aromatic heterocycles. The third kappa shape index (κ3) is 3.53. The first-order valence-electron chi connectivity index (χ1n) is 7.94. The third-order valence-electron chi connectivity index (χ3n) is 4.45. The lowest BCUT2D eigenvalue weighted by atomic mass is 10.1. The van der Waals surface area contributed by atoms with Crippen molar-refractivity contribution in [2.24, 2.45) is 0 Å². The van der Waals surface area contributed by atoms with Gasteiger partial charge < -0.3 is 10.0 Å². The van der Waals surface area contributed by atoms with Gasteiger partial charge in [-0.2, -0.15) is 4.72 Å². The van der Waals surface area contributed by atoms with Gasteiger partial charge in [-0.05, 0) is 48.4 Å². The number of aliphatic carboxylic acids is 1. The van der Waals surface area contributed by atoms with Crippen LogP contribution in [0.2, 0.25) is 5.02 Å². The Morgan fingerprint density at radius 2 is 1.92 bits per heavy atom. The smallest absolute Gasteiger partial charge is 0.326 e. The van der Waals surface area contributed by atoms with E-state index in [2.05, 4.69) is 4.72 Å². The molecule has 9 heteroatoms. The number of sulfonamides is 1. The molecule has 7 nitrogen and oxygen atoms in total. The Labute approximate surface area is 155 Å². The molecule has 2 N–H and O–H groups in total. The SMILES string of the molecule is C[C@H](C(=O)O)N1CC[C@@H](NS(=O)(=O)c2ccc3cc(Cl)ccc3c2)C1=O. The van der Waals surface area contributed by atoms with E-state index < -0.39 is 34.0 Å². The average Bonchev–Trinajstić information content (AvgIpc) is 2.93. The van der Waals surface area contributed by atoms with Crippen LogP contribution in [0, 0.1) is 0 Å². The van der Waals surface area contributed by atoms with Crippen LogP contribution < -0.4 is 4.72 Å². The van der Waals surface area contributed by atoms with E-state index >= 15 is 0 Å². The van der Waals surface area contributed by atoms with Gasteiger partial charge in [0.1, 0.15) is 12.1 Å². The second kappa shape index (κ2) is 6.86. The Bertz CT molecular complexity index is 992. The Kier molecular flexibility index (Phi) is 4.92. The number of likely N-dealkylation sites (tertiary alicyclic amines) is 1. The van der Waals surface area contributed by atoms with Gasteiger partial charge in [-0.15, -0.1) is 0 Å². The first-order chi connectivity index (χ1) is 12.2. The third-order valence-corrected chi connectivity index (χ3v) is 6.15. The van der Waals surface area contributed by atoms with E-state index in [0.717, 1.165) is 10.3 Å². The minimum Gasteiger partial charge on any atom is -0.480 e. The highest BCUT2D eigenvalue weighted by atomic mass is 35.5. The van der Waals surface area contributed by atoms with Crippen LogP contribution in [-0.2, 0) is 19.6 Å². The van der Waals surface area contributed by atoms with E-state index in [1.54, 1.807) is 24.3 Å². The van der Waals surface area contributed by atoms with Crippen LogP contribution in [0.4, 0.5) is 0 Å². The van der Waals surface area contributed by atoms with Gasteiger partial charge in [0.15, 0.2) is 0 Å². The number of benzene rings is 2. The number of carbonyl (C=O) groups is 2. The van der Waals surface area contributed by atoms with Gasteiger partial charge in [0, 0.05) is 11.6 Å². The summed E-state index contributed by atoms with van der Waals surface area (Å²) in [4.78, 5) is 24.6. The van der Waals surface area contributed by atoms with Crippen LogP contribution in [0.3, 0.4) is 0 Å². The molecule has 138 valence electrons. The van der Waals surface area contributed by atoms with E-state index in [0.29, 0.717) is 10.4 Å². The summed E-state index contributed by atoms with van der Waals surface area (Å²) in [5, 5.41) is 11.1. The fourth-order valence-electron chi connectivity index (χ4n) is 2.95. The molecule has 1 heterocycles. The second-order valence-electron chi connectivity index (χ2n) is 6.16. The van der Waals surface area contributed by atoms with Gasteiger partial charge in [-0.3, -0.25) is 4.79 Å². The summed E-state index contributed by atoms with van der Waals surface area (Å²) in [6, 6.07) is 7.73. The molecule has 3 rings (SSSR count). The summed E-state index contributed by atoms with van der Waals surface area (Å²) in [7, 11) is -3.93. The maximum Gasteiger partial charge on any atom is 0.326 e. The van der Waals surface area contributed by atoms with Crippen molar-refractivity contribution in [1.82, 2.24) is 9.62 Å². The minimum atomic E-state index is -3.93. The van der Waals surface area contributed by atoms with Gasteiger partial charge in [0.25, 0.3) is 0 Å². The van der Waals surface area contributed by atoms with Gasteiger partial charge in [-0.1, -0.05) is 23.7 Å². The molecule has 26 heavy (non-hydrogen) atoms. The van der Waals surface area contributed by atoms with Crippen molar-refractivity contribution in [2.45, 2.75) is 30.3 Å². The van der Waals surface area contributed by atoms with Crippen LogP contribution in [0.1, 0.15) is 13.3 Å². The summed E-state index contributed by atoms with van der Waals surface area (Å²) in [5.74, 6) is -1.66. The van der Waals surface area contributed by atoms with E-state index in [4.69, 9.17) is 16.7 Å². The molecule has 1 amide bonds. The Balaban J connectivity index is 1.82. The summed E-state index contributed by atoms with van der Waals surface area (Å²) < 4.78 is 27.6. The Morgan fingerprint density at radius 3 is 2.62 bits per heavy atom. The number of nitrogens with zero attached hydrogens (tertiary/aromatic N) is 1. The van der Waals surface area contributed by atoms with Crippen molar-refractivity contribution >= 4 is 44.3 Å². The molecule has 0 unspecified atom stereocenters. The predicted octanol–water partition coefficient (Wildman–Crippen LogP) is 1.85. The molecule has 2 aromatic rings. The molecule has 0 bridgehead atoms. The molecule has 2 atom stereocenters. The number of carboxylic acids is 1. The molecule has 1 fully saturated rings. The molecular formula is C17H17ClN2O5S. The molecule has 0 aliphatic carbocycles.